The van der Waals surface area contributed by atoms with Gasteiger partial charge in [-0.2, -0.15) is 0 Å². The van der Waals surface area contributed by atoms with Crippen LogP contribution in [0.25, 0.3) is 0 Å². The van der Waals surface area contributed by atoms with Crippen LogP contribution in [0.5, 0.6) is 0 Å². The third-order valence-electron chi connectivity index (χ3n) is 3.33. The maximum Gasteiger partial charge on any atom is 0.143 e. The minimum absolute atomic E-state index is 0.783. The third-order valence-corrected chi connectivity index (χ3v) is 4.47. The van der Waals surface area contributed by atoms with Crippen molar-refractivity contribution >= 4 is 28.4 Å². The molecule has 0 atom stereocenters. The summed E-state index contributed by atoms with van der Waals surface area (Å²) in [6, 6.07) is 6.62. The normalized spacial score (nSPS) is 10.7. The monoisotopic (exact) mass is 395 g/mol. The Morgan fingerprint density at radius 2 is 1.76 bits per heavy atom. The second-order valence-electron chi connectivity index (χ2n) is 5.42. The highest BCUT2D eigenvalue weighted by Gasteiger charge is 2.11. The maximum atomic E-state index is 4.77. The number of nitrogens with one attached hydrogen (secondary N) is 1. The quantitative estimate of drug-likeness (QED) is 0.768. The lowest BCUT2D eigenvalue weighted by Gasteiger charge is -2.11. The van der Waals surface area contributed by atoms with E-state index in [1.807, 2.05) is 7.05 Å². The Kier molecular flexibility index (Phi) is 5.56. The number of hydrogen-bond acceptors (Lipinski definition) is 3. The second kappa shape index (κ2) is 7.20. The molecule has 0 unspecified atom stereocenters. The molecule has 1 aromatic carbocycles. The third kappa shape index (κ3) is 4.15. The molecule has 0 radical (unpaired) electrons. The molecule has 0 bridgehead atoms. The predicted octanol–water partition coefficient (Wildman–Crippen LogP) is 4.28. The summed E-state index contributed by atoms with van der Waals surface area (Å²) in [5, 5.41) is 3.18. The zero-order valence-electron chi connectivity index (χ0n) is 13.1. The van der Waals surface area contributed by atoms with Gasteiger partial charge in [0.2, 0.25) is 0 Å². The van der Waals surface area contributed by atoms with Crippen LogP contribution in [-0.2, 0) is 12.8 Å². The fraction of sp³-hybridized carbons (Fsp3) is 0.412. The molecule has 112 valence electrons. The van der Waals surface area contributed by atoms with Crippen molar-refractivity contribution in [1.29, 1.82) is 0 Å². The Morgan fingerprint density at radius 3 is 2.33 bits per heavy atom. The van der Waals surface area contributed by atoms with Crippen molar-refractivity contribution in [3.8, 4) is 0 Å². The summed E-state index contributed by atoms with van der Waals surface area (Å²) in [4.78, 5) is 9.43. The molecule has 0 aliphatic rings. The molecule has 1 heterocycles. The van der Waals surface area contributed by atoms with Crippen LogP contribution < -0.4 is 5.32 Å². The SMILES string of the molecule is CCCc1nc(Cc2cc(C)cc(C)c2)nc(NC)c1I. The van der Waals surface area contributed by atoms with Crippen LogP contribution in [0.2, 0.25) is 0 Å². The first-order valence-electron chi connectivity index (χ1n) is 7.33. The van der Waals surface area contributed by atoms with Gasteiger partial charge in [0.15, 0.2) is 0 Å². The molecule has 3 nitrogen and oxygen atoms in total. The molecule has 1 aromatic heterocycles. The Morgan fingerprint density at radius 1 is 1.10 bits per heavy atom. The highest BCUT2D eigenvalue weighted by Crippen LogP contribution is 2.21. The van der Waals surface area contributed by atoms with Gasteiger partial charge in [-0.05, 0) is 48.4 Å². The van der Waals surface area contributed by atoms with E-state index in [9.17, 15) is 0 Å². The van der Waals surface area contributed by atoms with Crippen LogP contribution in [-0.4, -0.2) is 17.0 Å². The summed E-state index contributed by atoms with van der Waals surface area (Å²) in [5.41, 5.74) is 5.01. The summed E-state index contributed by atoms with van der Waals surface area (Å²) >= 11 is 2.34. The summed E-state index contributed by atoms with van der Waals surface area (Å²) in [5.74, 6) is 1.83. The fourth-order valence-corrected chi connectivity index (χ4v) is 3.33. The van der Waals surface area contributed by atoms with Crippen LogP contribution in [0.15, 0.2) is 18.2 Å². The van der Waals surface area contributed by atoms with Crippen molar-refractivity contribution in [2.24, 2.45) is 0 Å². The maximum absolute atomic E-state index is 4.77. The van der Waals surface area contributed by atoms with E-state index >= 15 is 0 Å². The summed E-state index contributed by atoms with van der Waals surface area (Å²) in [6.07, 6.45) is 2.87. The Bertz CT molecular complexity index is 618. The molecule has 0 aliphatic heterocycles. The number of anilines is 1. The molecule has 0 aliphatic carbocycles. The van der Waals surface area contributed by atoms with Gasteiger partial charge in [-0.15, -0.1) is 0 Å². The highest BCUT2D eigenvalue weighted by molar-refractivity contribution is 14.1. The number of aromatic nitrogens is 2. The van der Waals surface area contributed by atoms with Crippen LogP contribution in [0, 0.1) is 17.4 Å². The van der Waals surface area contributed by atoms with Gasteiger partial charge in [0.25, 0.3) is 0 Å². The first-order chi connectivity index (χ1) is 10.0. The molecule has 2 rings (SSSR count). The first-order valence-corrected chi connectivity index (χ1v) is 8.41. The topological polar surface area (TPSA) is 37.8 Å². The van der Waals surface area contributed by atoms with Crippen molar-refractivity contribution in [1.82, 2.24) is 9.97 Å². The number of halogens is 1. The van der Waals surface area contributed by atoms with E-state index in [2.05, 4.69) is 71.9 Å². The zero-order chi connectivity index (χ0) is 15.4. The molecule has 0 amide bonds. The molecular weight excluding hydrogens is 373 g/mol. The summed E-state index contributed by atoms with van der Waals surface area (Å²) in [6.45, 7) is 6.44. The molecule has 21 heavy (non-hydrogen) atoms. The number of rotatable bonds is 5. The molecule has 0 fully saturated rings. The number of benzene rings is 1. The molecule has 0 spiro atoms. The molecule has 1 N–H and O–H groups in total. The first kappa shape index (κ1) is 16.2. The van der Waals surface area contributed by atoms with Gasteiger partial charge >= 0.3 is 0 Å². The van der Waals surface area contributed by atoms with Crippen molar-refractivity contribution in [3.63, 3.8) is 0 Å². The average Bonchev–Trinajstić information content (AvgIpc) is 2.41. The summed E-state index contributed by atoms with van der Waals surface area (Å²) < 4.78 is 1.14. The van der Waals surface area contributed by atoms with E-state index in [1.54, 1.807) is 0 Å². The van der Waals surface area contributed by atoms with Gasteiger partial charge in [0, 0.05) is 13.5 Å². The largest absolute Gasteiger partial charge is 0.372 e. The van der Waals surface area contributed by atoms with Gasteiger partial charge in [0.1, 0.15) is 11.6 Å². The second-order valence-corrected chi connectivity index (χ2v) is 6.50. The van der Waals surface area contributed by atoms with Crippen molar-refractivity contribution < 1.29 is 0 Å². The van der Waals surface area contributed by atoms with E-state index in [0.717, 1.165) is 40.2 Å². The number of hydrogen-bond donors (Lipinski definition) is 1. The minimum atomic E-state index is 0.783. The Labute approximate surface area is 140 Å². The van der Waals surface area contributed by atoms with Gasteiger partial charge < -0.3 is 5.32 Å². The lowest BCUT2D eigenvalue weighted by atomic mass is 10.0. The highest BCUT2D eigenvalue weighted by atomic mass is 127. The number of nitrogens with zero attached hydrogens (tertiary/aromatic N) is 2. The van der Waals surface area contributed by atoms with Crippen LogP contribution in [0.1, 0.15) is 41.6 Å². The lowest BCUT2D eigenvalue weighted by molar-refractivity contribution is 0.834. The molecule has 2 aromatic rings. The van der Waals surface area contributed by atoms with Gasteiger partial charge in [-0.3, -0.25) is 0 Å². The Hall–Kier alpha value is -1.17. The smallest absolute Gasteiger partial charge is 0.143 e. The van der Waals surface area contributed by atoms with E-state index in [-0.39, 0.29) is 0 Å². The van der Waals surface area contributed by atoms with Crippen LogP contribution in [0.4, 0.5) is 5.82 Å². The number of aryl methyl sites for hydroxylation is 3. The zero-order valence-corrected chi connectivity index (χ0v) is 15.3. The van der Waals surface area contributed by atoms with E-state index < -0.39 is 0 Å². The van der Waals surface area contributed by atoms with Gasteiger partial charge in [-0.25, -0.2) is 9.97 Å². The molecule has 0 saturated carbocycles. The van der Waals surface area contributed by atoms with Crippen LogP contribution >= 0.6 is 22.6 Å². The standard InChI is InChI=1S/C17H22IN3/c1-5-6-14-16(18)17(19-4)21-15(20-14)10-13-8-11(2)7-12(3)9-13/h7-9H,5-6,10H2,1-4H3,(H,19,20,21). The van der Waals surface area contributed by atoms with Gasteiger partial charge in [-0.1, -0.05) is 42.7 Å². The molecular formula is C17H22IN3. The fourth-order valence-electron chi connectivity index (χ4n) is 2.55. The van der Waals surface area contributed by atoms with Crippen molar-refractivity contribution in [3.05, 3.63) is 50.0 Å². The van der Waals surface area contributed by atoms with E-state index in [4.69, 9.17) is 4.98 Å². The molecule has 0 saturated heterocycles. The predicted molar refractivity (Wildman–Crippen MR) is 97.0 cm³/mol. The van der Waals surface area contributed by atoms with E-state index in [0.29, 0.717) is 0 Å². The average molecular weight is 395 g/mol. The molecule has 4 heteroatoms. The van der Waals surface area contributed by atoms with Gasteiger partial charge in [0.05, 0.1) is 9.26 Å². The minimum Gasteiger partial charge on any atom is -0.372 e. The van der Waals surface area contributed by atoms with E-state index in [1.165, 1.54) is 16.7 Å². The van der Waals surface area contributed by atoms with Crippen molar-refractivity contribution in [2.45, 2.75) is 40.0 Å². The Balaban J connectivity index is 2.36. The lowest BCUT2D eigenvalue weighted by Crippen LogP contribution is -2.08. The summed E-state index contributed by atoms with van der Waals surface area (Å²) in [7, 11) is 1.92. The van der Waals surface area contributed by atoms with Crippen LogP contribution in [0.3, 0.4) is 0 Å². The van der Waals surface area contributed by atoms with Crippen molar-refractivity contribution in [2.75, 3.05) is 12.4 Å².